The quantitative estimate of drug-likeness (QED) is 0.125. The van der Waals surface area contributed by atoms with Gasteiger partial charge in [0.1, 0.15) is 0 Å². The molecule has 248 valence electrons. The Kier molecular flexibility index (Phi) is 10.1. The molecule has 0 saturated carbocycles. The summed E-state index contributed by atoms with van der Waals surface area (Å²) in [4.78, 5) is 2.54. The summed E-state index contributed by atoms with van der Waals surface area (Å²) < 4.78 is 0. The van der Waals surface area contributed by atoms with E-state index >= 15 is 0 Å². The molecule has 2 heteroatoms. The van der Waals surface area contributed by atoms with E-state index in [0.29, 0.717) is 0 Å². The number of rotatable bonds is 10. The van der Waals surface area contributed by atoms with Gasteiger partial charge < -0.3 is 0 Å². The molecule has 0 spiro atoms. The van der Waals surface area contributed by atoms with Gasteiger partial charge in [-0.2, -0.15) is 0 Å². The van der Waals surface area contributed by atoms with Crippen LogP contribution in [0, 0.1) is 0 Å². The fourth-order valence-electron chi connectivity index (χ4n) is 6.44. The van der Waals surface area contributed by atoms with Crippen LogP contribution in [0.15, 0.2) is 181 Å². The van der Waals surface area contributed by atoms with Crippen molar-refractivity contribution in [1.82, 2.24) is 0 Å². The lowest BCUT2D eigenvalue weighted by Crippen LogP contribution is -1.86. The topological polar surface area (TPSA) is 0 Å². The van der Waals surface area contributed by atoms with Gasteiger partial charge in [-0.1, -0.05) is 182 Å². The van der Waals surface area contributed by atoms with Gasteiger partial charge in [0.15, 0.2) is 0 Å². The highest BCUT2D eigenvalue weighted by molar-refractivity contribution is 7.11. The standard InChI is InChI=1S/C50H36S2/c1-3-11-41(12-4-1)47(49-17-9-33-51-49)35-39-23-19-37(20-24-39)27-29-44-31-30-43-15-7-8-16-45(43)46(44)32-28-38-21-25-40(26-22-38)36-48(50-18-10-34-52-50)42-13-5-2-6-14-42/h1-36H. The summed E-state index contributed by atoms with van der Waals surface area (Å²) in [7, 11) is 0. The number of hydrogen-bond acceptors (Lipinski definition) is 2. The molecular formula is C50H36S2. The highest BCUT2D eigenvalue weighted by atomic mass is 32.1. The second kappa shape index (κ2) is 15.9. The average Bonchev–Trinajstić information content (AvgIpc) is 3.95. The first kappa shape index (κ1) is 33.1. The number of benzene rings is 6. The van der Waals surface area contributed by atoms with Crippen molar-refractivity contribution in [2.75, 3.05) is 0 Å². The molecule has 8 aromatic rings. The third-order valence-corrected chi connectivity index (χ3v) is 10.9. The molecule has 0 aliphatic rings. The van der Waals surface area contributed by atoms with E-state index in [1.165, 1.54) is 76.2 Å². The van der Waals surface area contributed by atoms with E-state index in [0.717, 1.165) is 0 Å². The average molecular weight is 701 g/mol. The van der Waals surface area contributed by atoms with Gasteiger partial charge in [0, 0.05) is 9.75 Å². The first-order valence-electron chi connectivity index (χ1n) is 17.5. The van der Waals surface area contributed by atoms with E-state index in [9.17, 15) is 0 Å². The monoisotopic (exact) mass is 700 g/mol. The van der Waals surface area contributed by atoms with Crippen molar-refractivity contribution < 1.29 is 0 Å². The van der Waals surface area contributed by atoms with Gasteiger partial charge >= 0.3 is 0 Å². The lowest BCUT2D eigenvalue weighted by Gasteiger charge is -2.08. The highest BCUT2D eigenvalue weighted by Crippen LogP contribution is 2.32. The Morgan fingerprint density at radius 1 is 0.365 bits per heavy atom. The van der Waals surface area contributed by atoms with Crippen molar-refractivity contribution in [2.45, 2.75) is 0 Å². The third kappa shape index (κ3) is 7.80. The minimum absolute atomic E-state index is 1.17. The van der Waals surface area contributed by atoms with Crippen LogP contribution in [-0.2, 0) is 0 Å². The molecule has 52 heavy (non-hydrogen) atoms. The van der Waals surface area contributed by atoms with Crippen LogP contribution in [0.1, 0.15) is 54.3 Å². The number of hydrogen-bond donors (Lipinski definition) is 0. The highest BCUT2D eigenvalue weighted by Gasteiger charge is 2.08. The van der Waals surface area contributed by atoms with Crippen molar-refractivity contribution in [2.24, 2.45) is 0 Å². The number of fused-ring (bicyclic) bond motifs is 1. The van der Waals surface area contributed by atoms with Crippen molar-refractivity contribution in [3.05, 3.63) is 235 Å². The molecular weight excluding hydrogens is 665 g/mol. The molecule has 0 radical (unpaired) electrons. The van der Waals surface area contributed by atoms with Crippen LogP contribution in [0.5, 0.6) is 0 Å². The third-order valence-electron chi connectivity index (χ3n) is 9.14. The van der Waals surface area contributed by atoms with Gasteiger partial charge in [-0.25, -0.2) is 0 Å². The predicted molar refractivity (Wildman–Crippen MR) is 230 cm³/mol. The van der Waals surface area contributed by atoms with Crippen LogP contribution in [0.25, 0.3) is 58.4 Å². The SMILES string of the molecule is C(=Cc1ccc2ccccc2c1C=Cc1ccc(C=C(c2ccccc2)c2cccs2)cc1)c1ccc(C=C(c2ccccc2)c2cccs2)cc1. The van der Waals surface area contributed by atoms with Crippen molar-refractivity contribution in [3.63, 3.8) is 0 Å². The number of thiophene rings is 2. The lowest BCUT2D eigenvalue weighted by molar-refractivity contribution is 1.59. The summed E-state index contributed by atoms with van der Waals surface area (Å²) >= 11 is 3.55. The Morgan fingerprint density at radius 2 is 0.846 bits per heavy atom. The first-order valence-corrected chi connectivity index (χ1v) is 19.2. The first-order chi connectivity index (χ1) is 25.8. The van der Waals surface area contributed by atoms with Gasteiger partial charge in [-0.3, -0.25) is 0 Å². The molecule has 2 heterocycles. The normalized spacial score (nSPS) is 12.3. The molecule has 0 N–H and O–H groups in total. The van der Waals surface area contributed by atoms with Crippen LogP contribution in [0.3, 0.4) is 0 Å². The summed E-state index contributed by atoms with van der Waals surface area (Å²) in [5.41, 5.74) is 12.0. The van der Waals surface area contributed by atoms with Crippen LogP contribution >= 0.6 is 22.7 Å². The molecule has 0 bridgehead atoms. The van der Waals surface area contributed by atoms with Crippen molar-refractivity contribution in [3.8, 4) is 0 Å². The lowest BCUT2D eigenvalue weighted by atomic mass is 9.96. The summed E-state index contributed by atoms with van der Waals surface area (Å²) in [6.45, 7) is 0. The second-order valence-electron chi connectivity index (χ2n) is 12.6. The molecule has 6 aromatic carbocycles. The second-order valence-corrected chi connectivity index (χ2v) is 14.5. The van der Waals surface area contributed by atoms with Gasteiger partial charge in [0.2, 0.25) is 0 Å². The van der Waals surface area contributed by atoms with Crippen LogP contribution in [0.4, 0.5) is 0 Å². The fraction of sp³-hybridized carbons (Fsp3) is 0. The van der Waals surface area contributed by atoms with E-state index in [4.69, 9.17) is 0 Å². The Hall–Kier alpha value is -6.06. The largest absolute Gasteiger partial charge is 0.144 e. The molecule has 0 nitrogen and oxygen atoms in total. The predicted octanol–water partition coefficient (Wildman–Crippen LogP) is 14.5. The Bertz CT molecular complexity index is 2490. The van der Waals surface area contributed by atoms with Crippen LogP contribution < -0.4 is 0 Å². The molecule has 0 aliphatic carbocycles. The van der Waals surface area contributed by atoms with Crippen molar-refractivity contribution >= 4 is 81.0 Å². The van der Waals surface area contributed by atoms with Crippen LogP contribution in [-0.4, -0.2) is 0 Å². The molecule has 0 unspecified atom stereocenters. The molecule has 0 atom stereocenters. The Morgan fingerprint density at radius 3 is 1.37 bits per heavy atom. The Labute approximate surface area is 314 Å². The van der Waals surface area contributed by atoms with E-state index in [1.54, 1.807) is 22.7 Å². The maximum absolute atomic E-state index is 2.29. The minimum Gasteiger partial charge on any atom is -0.144 e. The van der Waals surface area contributed by atoms with Crippen LogP contribution in [0.2, 0.25) is 0 Å². The summed E-state index contributed by atoms with van der Waals surface area (Å²) in [6, 6.07) is 60.6. The maximum Gasteiger partial charge on any atom is 0.0348 e. The summed E-state index contributed by atoms with van der Waals surface area (Å²) in [5.74, 6) is 0. The van der Waals surface area contributed by atoms with E-state index in [1.807, 2.05) is 0 Å². The zero-order chi connectivity index (χ0) is 35.0. The van der Waals surface area contributed by atoms with Gasteiger partial charge in [-0.15, -0.1) is 22.7 Å². The summed E-state index contributed by atoms with van der Waals surface area (Å²) in [6.07, 6.45) is 13.5. The molecule has 2 aromatic heterocycles. The zero-order valence-corrected chi connectivity index (χ0v) is 30.2. The maximum atomic E-state index is 2.29. The van der Waals surface area contributed by atoms with Gasteiger partial charge in [0.05, 0.1) is 0 Å². The molecule has 8 rings (SSSR count). The van der Waals surface area contributed by atoms with Crippen molar-refractivity contribution in [1.29, 1.82) is 0 Å². The van der Waals surface area contributed by atoms with Gasteiger partial charge in [0.25, 0.3) is 0 Å². The van der Waals surface area contributed by atoms with E-state index in [-0.39, 0.29) is 0 Å². The Balaban J connectivity index is 1.05. The zero-order valence-electron chi connectivity index (χ0n) is 28.6. The fourth-order valence-corrected chi connectivity index (χ4v) is 7.97. The van der Waals surface area contributed by atoms with E-state index in [2.05, 4.69) is 217 Å². The minimum atomic E-state index is 1.17. The van der Waals surface area contributed by atoms with E-state index < -0.39 is 0 Å². The molecule has 0 aliphatic heterocycles. The smallest absolute Gasteiger partial charge is 0.0348 e. The molecule has 0 amide bonds. The van der Waals surface area contributed by atoms with Gasteiger partial charge in [-0.05, 0) is 101 Å². The summed E-state index contributed by atoms with van der Waals surface area (Å²) in [5, 5.41) is 6.75. The molecule has 0 fully saturated rings. The molecule has 0 saturated heterocycles.